The molecule has 0 spiro atoms. The first kappa shape index (κ1) is 15.7. The Labute approximate surface area is 121 Å². The lowest BCUT2D eigenvalue weighted by molar-refractivity contribution is -0.137. The lowest BCUT2D eigenvalue weighted by atomic mass is 10.0. The average molecular weight is 358 g/mol. The molecule has 0 N–H and O–H groups in total. The van der Waals surface area contributed by atoms with Gasteiger partial charge in [-0.15, -0.1) is 0 Å². The van der Waals surface area contributed by atoms with E-state index in [0.717, 1.165) is 12.1 Å². The maximum Gasteiger partial charge on any atom is 0.416 e. The van der Waals surface area contributed by atoms with Crippen molar-refractivity contribution < 1.29 is 22.0 Å². The molecule has 1 nitrogen and oxygen atoms in total. The van der Waals surface area contributed by atoms with Crippen molar-refractivity contribution in [2.45, 2.75) is 31.5 Å². The molecule has 1 aromatic rings. The molecular formula is C13H13BrF5N. The topological polar surface area (TPSA) is 3.24 Å². The smallest absolute Gasteiger partial charge is 0.299 e. The van der Waals surface area contributed by atoms with Gasteiger partial charge in [-0.1, -0.05) is 15.9 Å². The normalized spacial score (nSPS) is 20.1. The average Bonchev–Trinajstić information content (AvgIpc) is 2.33. The first-order chi connectivity index (χ1) is 9.17. The first-order valence-corrected chi connectivity index (χ1v) is 6.92. The minimum atomic E-state index is -4.40. The molecule has 0 aliphatic carbocycles. The Hall–Kier alpha value is -0.690. The molecule has 1 aromatic carbocycles. The van der Waals surface area contributed by atoms with Gasteiger partial charge in [0.05, 0.1) is 5.56 Å². The summed E-state index contributed by atoms with van der Waals surface area (Å²) in [5.41, 5.74) is -0.261. The van der Waals surface area contributed by atoms with Gasteiger partial charge in [0.1, 0.15) is 0 Å². The maximum atomic E-state index is 13.0. The van der Waals surface area contributed by atoms with E-state index in [0.29, 0.717) is 10.0 Å². The van der Waals surface area contributed by atoms with Gasteiger partial charge >= 0.3 is 6.18 Å². The fraction of sp³-hybridized carbons (Fsp3) is 0.538. The lowest BCUT2D eigenvalue weighted by Crippen LogP contribution is -2.38. The summed E-state index contributed by atoms with van der Waals surface area (Å²) in [5, 5.41) is 0. The van der Waals surface area contributed by atoms with E-state index >= 15 is 0 Å². The highest BCUT2D eigenvalue weighted by molar-refractivity contribution is 9.10. The highest BCUT2D eigenvalue weighted by atomic mass is 79.9. The van der Waals surface area contributed by atoms with Gasteiger partial charge in [-0.05, 0) is 23.8 Å². The number of halogens is 6. The molecule has 20 heavy (non-hydrogen) atoms. The van der Waals surface area contributed by atoms with E-state index in [1.165, 1.54) is 6.07 Å². The van der Waals surface area contributed by atoms with Gasteiger partial charge in [-0.25, -0.2) is 8.78 Å². The zero-order chi connectivity index (χ0) is 15.0. The molecule has 2 rings (SSSR count). The van der Waals surface area contributed by atoms with Crippen LogP contribution in [-0.4, -0.2) is 23.9 Å². The monoisotopic (exact) mass is 357 g/mol. The summed E-state index contributed by atoms with van der Waals surface area (Å²) >= 11 is 3.20. The molecule has 0 atom stereocenters. The van der Waals surface area contributed by atoms with Crippen LogP contribution in [0.1, 0.15) is 24.0 Å². The standard InChI is InChI=1S/C13H13BrF5N/c14-11-2-1-10(13(17,18)19)7-9(11)8-20-5-3-12(15,16)4-6-20/h1-2,7H,3-6,8H2. The summed E-state index contributed by atoms with van der Waals surface area (Å²) in [6.45, 7) is 0.617. The maximum absolute atomic E-state index is 13.0. The van der Waals surface area contributed by atoms with Crippen molar-refractivity contribution in [3.05, 3.63) is 33.8 Å². The van der Waals surface area contributed by atoms with Crippen LogP contribution in [0.4, 0.5) is 22.0 Å². The van der Waals surface area contributed by atoms with Crippen LogP contribution in [0.15, 0.2) is 22.7 Å². The molecule has 7 heteroatoms. The van der Waals surface area contributed by atoms with E-state index in [9.17, 15) is 22.0 Å². The molecule has 0 radical (unpaired) electrons. The van der Waals surface area contributed by atoms with E-state index in [2.05, 4.69) is 15.9 Å². The van der Waals surface area contributed by atoms with Crippen LogP contribution in [0.25, 0.3) is 0 Å². The molecule has 0 amide bonds. The lowest BCUT2D eigenvalue weighted by Gasteiger charge is -2.32. The highest BCUT2D eigenvalue weighted by Crippen LogP contribution is 2.33. The molecule has 1 aliphatic heterocycles. The van der Waals surface area contributed by atoms with Crippen LogP contribution in [0.5, 0.6) is 0 Å². The summed E-state index contributed by atoms with van der Waals surface area (Å²) in [6.07, 6.45) is -4.89. The zero-order valence-corrected chi connectivity index (χ0v) is 12.1. The quantitative estimate of drug-likeness (QED) is 0.693. The second kappa shape index (κ2) is 5.60. The number of rotatable bonds is 2. The molecule has 0 aromatic heterocycles. The molecule has 0 saturated carbocycles. The number of likely N-dealkylation sites (tertiary alicyclic amines) is 1. The Kier molecular flexibility index (Phi) is 4.39. The van der Waals surface area contributed by atoms with Crippen LogP contribution in [0.2, 0.25) is 0 Å². The third kappa shape index (κ3) is 3.91. The van der Waals surface area contributed by atoms with Crippen molar-refractivity contribution >= 4 is 15.9 Å². The fourth-order valence-electron chi connectivity index (χ4n) is 2.15. The number of hydrogen-bond acceptors (Lipinski definition) is 1. The third-order valence-electron chi connectivity index (χ3n) is 3.35. The first-order valence-electron chi connectivity index (χ1n) is 6.13. The summed E-state index contributed by atoms with van der Waals surface area (Å²) < 4.78 is 64.6. The molecule has 1 saturated heterocycles. The largest absolute Gasteiger partial charge is 0.416 e. The van der Waals surface area contributed by atoms with Crippen molar-refractivity contribution in [3.63, 3.8) is 0 Å². The number of benzene rings is 1. The van der Waals surface area contributed by atoms with Crippen molar-refractivity contribution in [1.82, 2.24) is 4.90 Å². The van der Waals surface area contributed by atoms with Gasteiger partial charge in [0.2, 0.25) is 0 Å². The number of hydrogen-bond donors (Lipinski definition) is 0. The van der Waals surface area contributed by atoms with E-state index in [1.807, 2.05) is 0 Å². The number of piperidine rings is 1. The molecular weight excluding hydrogens is 345 g/mol. The van der Waals surface area contributed by atoms with Gasteiger partial charge < -0.3 is 0 Å². The summed E-state index contributed by atoms with van der Waals surface area (Å²) in [6, 6.07) is 3.41. The van der Waals surface area contributed by atoms with E-state index in [1.54, 1.807) is 4.90 Å². The van der Waals surface area contributed by atoms with Gasteiger partial charge in [-0.3, -0.25) is 4.90 Å². The molecule has 112 valence electrons. The fourth-order valence-corrected chi connectivity index (χ4v) is 2.52. The van der Waals surface area contributed by atoms with Gasteiger partial charge in [0.25, 0.3) is 5.92 Å². The summed E-state index contributed by atoms with van der Waals surface area (Å²) in [4.78, 5) is 1.75. The zero-order valence-electron chi connectivity index (χ0n) is 10.5. The molecule has 0 bridgehead atoms. The van der Waals surface area contributed by atoms with E-state index in [4.69, 9.17) is 0 Å². The Morgan fingerprint density at radius 1 is 1.15 bits per heavy atom. The van der Waals surface area contributed by atoms with Crippen LogP contribution in [-0.2, 0) is 12.7 Å². The Morgan fingerprint density at radius 2 is 1.75 bits per heavy atom. The third-order valence-corrected chi connectivity index (χ3v) is 4.13. The minimum Gasteiger partial charge on any atom is -0.299 e. The van der Waals surface area contributed by atoms with E-state index in [-0.39, 0.29) is 32.5 Å². The van der Waals surface area contributed by atoms with Gasteiger partial charge in [0.15, 0.2) is 0 Å². The summed E-state index contributed by atoms with van der Waals surface area (Å²) in [7, 11) is 0. The Bertz CT molecular complexity index is 476. The van der Waals surface area contributed by atoms with Crippen molar-refractivity contribution in [1.29, 1.82) is 0 Å². The minimum absolute atomic E-state index is 0.190. The van der Waals surface area contributed by atoms with Crippen molar-refractivity contribution in [2.75, 3.05) is 13.1 Å². The summed E-state index contributed by atoms with van der Waals surface area (Å²) in [5.74, 6) is -2.65. The predicted molar refractivity (Wildman–Crippen MR) is 68.6 cm³/mol. The predicted octanol–water partition coefficient (Wildman–Crippen LogP) is 4.70. The second-order valence-electron chi connectivity index (χ2n) is 4.94. The number of nitrogens with zero attached hydrogens (tertiary/aromatic N) is 1. The molecule has 1 aliphatic rings. The number of alkyl halides is 5. The van der Waals surface area contributed by atoms with Gasteiger partial charge in [0, 0.05) is 36.9 Å². The second-order valence-corrected chi connectivity index (χ2v) is 5.79. The van der Waals surface area contributed by atoms with Crippen molar-refractivity contribution in [2.24, 2.45) is 0 Å². The highest BCUT2D eigenvalue weighted by Gasteiger charge is 2.34. The van der Waals surface area contributed by atoms with E-state index < -0.39 is 17.7 Å². The van der Waals surface area contributed by atoms with Crippen molar-refractivity contribution in [3.8, 4) is 0 Å². The van der Waals surface area contributed by atoms with Crippen LogP contribution < -0.4 is 0 Å². The van der Waals surface area contributed by atoms with Gasteiger partial charge in [-0.2, -0.15) is 13.2 Å². The van der Waals surface area contributed by atoms with Crippen LogP contribution in [0.3, 0.4) is 0 Å². The SMILES string of the molecule is FC1(F)CCN(Cc2cc(C(F)(F)F)ccc2Br)CC1. The Balaban J connectivity index is 2.10. The Morgan fingerprint density at radius 3 is 2.30 bits per heavy atom. The molecule has 1 fully saturated rings. The van der Waals surface area contributed by atoms with Crippen LogP contribution in [0, 0.1) is 0 Å². The molecule has 1 heterocycles. The molecule has 0 unspecified atom stereocenters. The van der Waals surface area contributed by atoms with Crippen LogP contribution >= 0.6 is 15.9 Å².